The zero-order valence-electron chi connectivity index (χ0n) is 8.54. The maximum absolute atomic E-state index is 9.00. The van der Waals surface area contributed by atoms with E-state index in [1.165, 1.54) is 0 Å². The van der Waals surface area contributed by atoms with Crippen LogP contribution in [0.3, 0.4) is 0 Å². The van der Waals surface area contributed by atoms with Gasteiger partial charge in [0.15, 0.2) is 0 Å². The molecule has 0 aromatic carbocycles. The molecule has 1 aliphatic rings. The largest absolute Gasteiger partial charge is 0.394 e. The lowest BCUT2D eigenvalue weighted by Gasteiger charge is -2.29. The second-order valence-corrected chi connectivity index (χ2v) is 3.47. The van der Waals surface area contributed by atoms with Gasteiger partial charge in [-0.3, -0.25) is 0 Å². The van der Waals surface area contributed by atoms with Gasteiger partial charge in [-0.1, -0.05) is 0 Å². The lowest BCUT2D eigenvalue weighted by Crippen LogP contribution is -2.41. The lowest BCUT2D eigenvalue weighted by atomic mass is 10.3. The normalized spacial score (nSPS) is 29.0. The van der Waals surface area contributed by atoms with Crippen LogP contribution < -0.4 is 0 Å². The Bertz CT molecular complexity index is 165. The number of aliphatic hydroxyl groups excluding tert-OH is 3. The van der Waals surface area contributed by atoms with E-state index in [1.54, 1.807) is 0 Å². The van der Waals surface area contributed by atoms with E-state index >= 15 is 0 Å². The van der Waals surface area contributed by atoms with Gasteiger partial charge in [-0.15, -0.1) is 0 Å². The Morgan fingerprint density at radius 1 is 1.27 bits per heavy atom. The first-order valence-corrected chi connectivity index (χ1v) is 4.97. The Morgan fingerprint density at radius 3 is 2.67 bits per heavy atom. The van der Waals surface area contributed by atoms with Crippen molar-refractivity contribution in [3.63, 3.8) is 0 Å². The lowest BCUT2D eigenvalue weighted by molar-refractivity contribution is -0.170. The number of aliphatic hydroxyl groups is 3. The van der Waals surface area contributed by atoms with Crippen LogP contribution in [0.5, 0.6) is 0 Å². The zero-order valence-corrected chi connectivity index (χ0v) is 8.54. The van der Waals surface area contributed by atoms with Crippen LogP contribution >= 0.6 is 0 Å². The van der Waals surface area contributed by atoms with E-state index in [2.05, 4.69) is 0 Å². The fourth-order valence-electron chi connectivity index (χ4n) is 1.25. The first-order valence-electron chi connectivity index (χ1n) is 4.97. The summed E-state index contributed by atoms with van der Waals surface area (Å²) in [6, 6.07) is 0. The van der Waals surface area contributed by atoms with Crippen LogP contribution in [0.4, 0.5) is 0 Å². The molecule has 0 aromatic rings. The smallest absolute Gasteiger partial charge is 0.105 e. The SMILES string of the molecule is OCC(O)COCC1COCC(CO)O1. The Kier molecular flexibility index (Phi) is 6.07. The highest BCUT2D eigenvalue weighted by Crippen LogP contribution is 2.07. The molecule has 6 nitrogen and oxygen atoms in total. The molecule has 90 valence electrons. The summed E-state index contributed by atoms with van der Waals surface area (Å²) >= 11 is 0. The molecule has 0 aromatic heterocycles. The van der Waals surface area contributed by atoms with Crippen LogP contribution in [-0.2, 0) is 14.2 Å². The Morgan fingerprint density at radius 2 is 2.00 bits per heavy atom. The van der Waals surface area contributed by atoms with Crippen molar-refractivity contribution in [2.75, 3.05) is 39.6 Å². The molecule has 3 atom stereocenters. The van der Waals surface area contributed by atoms with Crippen molar-refractivity contribution in [3.05, 3.63) is 0 Å². The summed E-state index contributed by atoms with van der Waals surface area (Å²) in [4.78, 5) is 0. The van der Waals surface area contributed by atoms with Gasteiger partial charge in [-0.2, -0.15) is 0 Å². The van der Waals surface area contributed by atoms with Crippen LogP contribution in [0.15, 0.2) is 0 Å². The van der Waals surface area contributed by atoms with Gasteiger partial charge in [0.05, 0.1) is 39.6 Å². The second kappa shape index (κ2) is 7.10. The zero-order chi connectivity index (χ0) is 11.1. The first-order chi connectivity index (χ1) is 7.26. The average molecular weight is 222 g/mol. The fourth-order valence-corrected chi connectivity index (χ4v) is 1.25. The van der Waals surface area contributed by atoms with Gasteiger partial charge < -0.3 is 29.5 Å². The van der Waals surface area contributed by atoms with E-state index in [9.17, 15) is 0 Å². The molecule has 3 unspecified atom stereocenters. The van der Waals surface area contributed by atoms with Crippen LogP contribution in [0.1, 0.15) is 0 Å². The van der Waals surface area contributed by atoms with Crippen molar-refractivity contribution in [1.82, 2.24) is 0 Å². The predicted molar refractivity (Wildman–Crippen MR) is 50.5 cm³/mol. The van der Waals surface area contributed by atoms with Crippen LogP contribution in [0, 0.1) is 0 Å². The molecule has 0 spiro atoms. The standard InChI is InChI=1S/C9H18O6/c10-1-7(12)3-13-5-9-6-14-4-8(2-11)15-9/h7-12H,1-6H2. The van der Waals surface area contributed by atoms with E-state index in [0.717, 1.165) is 0 Å². The molecule has 3 N–H and O–H groups in total. The molecule has 1 aliphatic heterocycles. The monoisotopic (exact) mass is 222 g/mol. The Hall–Kier alpha value is -0.240. The maximum atomic E-state index is 9.00. The van der Waals surface area contributed by atoms with E-state index in [1.807, 2.05) is 0 Å². The highest BCUT2D eigenvalue weighted by Gasteiger charge is 2.22. The number of rotatable bonds is 6. The highest BCUT2D eigenvalue weighted by atomic mass is 16.6. The summed E-state index contributed by atoms with van der Waals surface area (Å²) in [5.74, 6) is 0. The van der Waals surface area contributed by atoms with Gasteiger partial charge >= 0.3 is 0 Å². The molecule has 0 amide bonds. The fraction of sp³-hybridized carbons (Fsp3) is 1.00. The van der Waals surface area contributed by atoms with Crippen molar-refractivity contribution >= 4 is 0 Å². The third-order valence-corrected chi connectivity index (χ3v) is 2.02. The molecule has 1 rings (SSSR count). The molecular weight excluding hydrogens is 204 g/mol. The van der Waals surface area contributed by atoms with Crippen LogP contribution in [-0.4, -0.2) is 73.3 Å². The summed E-state index contributed by atoms with van der Waals surface area (Å²) in [5, 5.41) is 26.4. The van der Waals surface area contributed by atoms with Crippen molar-refractivity contribution in [1.29, 1.82) is 0 Å². The van der Waals surface area contributed by atoms with Crippen LogP contribution in [0.2, 0.25) is 0 Å². The molecule has 0 saturated carbocycles. The quantitative estimate of drug-likeness (QED) is 0.488. The molecule has 0 aliphatic carbocycles. The van der Waals surface area contributed by atoms with Gasteiger partial charge in [0.25, 0.3) is 0 Å². The summed E-state index contributed by atoms with van der Waals surface area (Å²) in [5.41, 5.74) is 0. The third kappa shape index (κ3) is 4.87. The minimum absolute atomic E-state index is 0.0696. The Labute approximate surface area is 88.4 Å². The molecule has 1 fully saturated rings. The highest BCUT2D eigenvalue weighted by molar-refractivity contribution is 4.67. The third-order valence-electron chi connectivity index (χ3n) is 2.02. The van der Waals surface area contributed by atoms with E-state index in [0.29, 0.717) is 13.2 Å². The van der Waals surface area contributed by atoms with Gasteiger partial charge in [0.2, 0.25) is 0 Å². The molecule has 1 saturated heterocycles. The summed E-state index contributed by atoms with van der Waals surface area (Å²) in [6.45, 7) is 0.781. The van der Waals surface area contributed by atoms with Crippen molar-refractivity contribution in [2.24, 2.45) is 0 Å². The summed E-state index contributed by atoms with van der Waals surface area (Å²) < 4.78 is 15.7. The van der Waals surface area contributed by atoms with Gasteiger partial charge in [0.1, 0.15) is 18.3 Å². The van der Waals surface area contributed by atoms with Crippen LogP contribution in [0.25, 0.3) is 0 Å². The topological polar surface area (TPSA) is 88.4 Å². The summed E-state index contributed by atoms with van der Waals surface area (Å²) in [6.07, 6.45) is -1.37. The van der Waals surface area contributed by atoms with Crippen molar-refractivity contribution < 1.29 is 29.5 Å². The van der Waals surface area contributed by atoms with Gasteiger partial charge in [-0.05, 0) is 0 Å². The number of hydrogen-bond acceptors (Lipinski definition) is 6. The molecule has 6 heteroatoms. The summed E-state index contributed by atoms with van der Waals surface area (Å²) in [7, 11) is 0. The first kappa shape index (κ1) is 12.8. The minimum atomic E-state index is -0.858. The number of ether oxygens (including phenoxy) is 3. The molecule has 0 radical (unpaired) electrons. The van der Waals surface area contributed by atoms with Gasteiger partial charge in [-0.25, -0.2) is 0 Å². The average Bonchev–Trinajstić information content (AvgIpc) is 2.29. The Balaban J connectivity index is 2.10. The van der Waals surface area contributed by atoms with E-state index in [4.69, 9.17) is 29.5 Å². The molecule has 15 heavy (non-hydrogen) atoms. The second-order valence-electron chi connectivity index (χ2n) is 3.47. The molecular formula is C9H18O6. The van der Waals surface area contributed by atoms with Crippen molar-refractivity contribution in [3.8, 4) is 0 Å². The van der Waals surface area contributed by atoms with Gasteiger partial charge in [0, 0.05) is 0 Å². The van der Waals surface area contributed by atoms with Crippen molar-refractivity contribution in [2.45, 2.75) is 18.3 Å². The molecule has 0 bridgehead atoms. The maximum Gasteiger partial charge on any atom is 0.105 e. The predicted octanol–water partition coefficient (Wildman–Crippen LogP) is -1.87. The van der Waals surface area contributed by atoms with E-state index < -0.39 is 6.10 Å². The molecule has 1 heterocycles. The van der Waals surface area contributed by atoms with E-state index in [-0.39, 0.29) is 38.6 Å². The number of hydrogen-bond donors (Lipinski definition) is 3. The minimum Gasteiger partial charge on any atom is -0.394 e.